The Hall–Kier alpha value is -6.26. The van der Waals surface area contributed by atoms with Gasteiger partial charge in [0.1, 0.15) is 11.6 Å². The first-order chi connectivity index (χ1) is 37.1. The van der Waals surface area contributed by atoms with Gasteiger partial charge in [0.05, 0.1) is 28.0 Å². The minimum atomic E-state index is -4.15. The number of pyridine rings is 1. The molecule has 8 aromatic rings. The Morgan fingerprint density at radius 3 is 2.00 bits per heavy atom. The van der Waals surface area contributed by atoms with Crippen LogP contribution in [0.2, 0.25) is 0 Å². The second-order valence-corrected chi connectivity index (χ2v) is 17.3. The zero-order valence-corrected chi connectivity index (χ0v) is 35.6. The highest BCUT2D eigenvalue weighted by Crippen LogP contribution is 2.46. The van der Waals surface area contributed by atoms with Gasteiger partial charge in [-0.2, -0.15) is 0 Å². The molecule has 62 heavy (non-hydrogen) atoms. The topological polar surface area (TPSA) is 50.9 Å². The molecule has 0 unspecified atom stereocenters. The second-order valence-electron chi connectivity index (χ2n) is 17.3. The lowest BCUT2D eigenvalue weighted by Gasteiger charge is -2.27. The summed E-state index contributed by atoms with van der Waals surface area (Å²) in [5.74, 6) is -3.01. The van der Waals surface area contributed by atoms with Crippen LogP contribution in [-0.4, -0.2) is 19.6 Å². The number of hydrogen-bond donors (Lipinski definition) is 1. The van der Waals surface area contributed by atoms with Crippen LogP contribution in [0.4, 0.5) is 0 Å². The Labute approximate surface area is 396 Å². The molecule has 6 aromatic carbocycles. The lowest BCUT2D eigenvalue weighted by Crippen LogP contribution is -2.17. The normalized spacial score (nSPS) is 18.3. The van der Waals surface area contributed by atoms with Crippen molar-refractivity contribution in [2.75, 3.05) is 0 Å². The third kappa shape index (κ3) is 8.23. The van der Waals surface area contributed by atoms with E-state index in [9.17, 15) is 5.11 Å². The molecule has 0 saturated carbocycles. The van der Waals surface area contributed by atoms with Gasteiger partial charge in [0.2, 0.25) is 0 Å². The molecule has 0 saturated heterocycles. The maximum Gasteiger partial charge on any atom is 0.149 e. The van der Waals surface area contributed by atoms with E-state index in [0.29, 0.717) is 45.1 Å². The molecule has 0 bridgehead atoms. The van der Waals surface area contributed by atoms with Crippen molar-refractivity contribution in [1.82, 2.24) is 14.5 Å². The Kier molecular flexibility index (Phi) is 6.41. The van der Waals surface area contributed by atoms with Crippen LogP contribution in [0.15, 0.2) is 140 Å². The van der Waals surface area contributed by atoms with E-state index in [1.54, 1.807) is 86.8 Å². The molecule has 0 aliphatic carbocycles. The number of phenolic OH excluding ortho intramolecular Hbond substituents is 1. The van der Waals surface area contributed by atoms with Gasteiger partial charge in [0, 0.05) is 54.5 Å². The van der Waals surface area contributed by atoms with Crippen molar-refractivity contribution in [1.29, 1.82) is 0 Å². The van der Waals surface area contributed by atoms with E-state index in [4.69, 9.17) is 36.0 Å². The molecular weight excluding hydrogens is 755 g/mol. The highest BCUT2D eigenvalue weighted by Gasteiger charge is 2.29. The monoisotopic (exact) mass is 835 g/mol. The third-order valence-corrected chi connectivity index (χ3v) is 11.3. The quantitative estimate of drug-likeness (QED) is 0.174. The van der Waals surface area contributed by atoms with Gasteiger partial charge in [-0.3, -0.25) is 9.55 Å². The van der Waals surface area contributed by atoms with Gasteiger partial charge in [-0.25, -0.2) is 4.98 Å². The Morgan fingerprint density at radius 2 is 1.31 bits per heavy atom. The predicted octanol–water partition coefficient (Wildman–Crippen LogP) is 15.8. The second kappa shape index (κ2) is 15.9. The van der Waals surface area contributed by atoms with Crippen molar-refractivity contribution in [3.05, 3.63) is 167 Å². The van der Waals surface area contributed by atoms with E-state index >= 15 is 0 Å². The maximum absolute atomic E-state index is 13.0. The third-order valence-electron chi connectivity index (χ3n) is 11.3. The number of aryl methyl sites for hydroxylation is 1. The standard InChI is InChI=1S/C58H61N3O/c1-36(2)40-25-26-51(47(32-40)39-17-14-13-15-18-39)61-52-20-16-19-46(53(52)60-55(61)48-34-45(57(7,8)9)35-49(54(48)62)58(10,11)12)42-29-43(31-44(30-42)56(4,5)6)50-33-41(27-28-59-50)38-23-21-37(3)22-24-38/h13-36,62H,1-12H3/i7D3,8D3,9D3,10D3,11D3,12D3,36D. The van der Waals surface area contributed by atoms with Crippen molar-refractivity contribution < 1.29 is 31.2 Å². The number of fused-ring (bicyclic) bond motifs is 1. The van der Waals surface area contributed by atoms with Crippen LogP contribution in [0.1, 0.15) is 135 Å². The number of aromatic nitrogens is 3. The van der Waals surface area contributed by atoms with E-state index < -0.39 is 91.5 Å². The van der Waals surface area contributed by atoms with Crippen LogP contribution in [-0.2, 0) is 16.2 Å². The summed E-state index contributed by atoms with van der Waals surface area (Å²) in [6.45, 7) is -13.1. The highest BCUT2D eigenvalue weighted by molar-refractivity contribution is 5.98. The Bertz CT molecular complexity index is 3590. The highest BCUT2D eigenvalue weighted by atomic mass is 16.3. The number of phenols is 1. The Balaban J connectivity index is 1.62. The summed E-state index contributed by atoms with van der Waals surface area (Å²) in [7, 11) is 0. The van der Waals surface area contributed by atoms with Crippen LogP contribution in [0, 0.1) is 6.92 Å². The molecule has 0 fully saturated rings. The molecule has 0 spiro atoms. The minimum Gasteiger partial charge on any atom is -0.507 e. The average Bonchev–Trinajstić information content (AvgIpc) is 3.03. The zero-order chi connectivity index (χ0) is 60.2. The molecule has 8 rings (SSSR count). The van der Waals surface area contributed by atoms with Gasteiger partial charge < -0.3 is 5.11 Å². The van der Waals surface area contributed by atoms with Crippen molar-refractivity contribution in [2.45, 2.75) is 105 Å². The van der Waals surface area contributed by atoms with Gasteiger partial charge in [0.25, 0.3) is 0 Å². The molecule has 2 heterocycles. The van der Waals surface area contributed by atoms with Crippen LogP contribution in [0.25, 0.3) is 72.7 Å². The molecular formula is C58H61N3O. The first kappa shape index (κ1) is 25.0. The van der Waals surface area contributed by atoms with E-state index in [-0.39, 0.29) is 22.8 Å². The number of imidazole rings is 1. The SMILES string of the molecule is [2H]C(C)(C)c1ccc(-n2c(-c3cc(C(C([2H])([2H])[2H])(C([2H])([2H])[2H])C([2H])([2H])[2H])cc(C(C([2H])([2H])[2H])(C([2H])([2H])[2H])C([2H])([2H])[2H])c3O)nc3c(-c4cc(-c5cc(-c6ccc(C)cc6)ccn5)cc(C(C)(C)C)c4)cccc32)c(-c2ccccc2)c1. The lowest BCUT2D eigenvalue weighted by molar-refractivity contribution is 0.446. The van der Waals surface area contributed by atoms with Gasteiger partial charge >= 0.3 is 0 Å². The molecule has 0 amide bonds. The summed E-state index contributed by atoms with van der Waals surface area (Å²) in [5, 5.41) is 13.0. The van der Waals surface area contributed by atoms with Gasteiger partial charge in [0.15, 0.2) is 0 Å². The summed E-state index contributed by atoms with van der Waals surface area (Å²) in [4.78, 5) is 9.98. The fraction of sp³-hybridized carbons (Fsp3) is 0.276. The molecule has 0 aliphatic heterocycles. The van der Waals surface area contributed by atoms with Gasteiger partial charge in [-0.05, 0) is 117 Å². The zero-order valence-electron chi connectivity index (χ0n) is 54.6. The molecule has 2 aromatic heterocycles. The summed E-state index contributed by atoms with van der Waals surface area (Å²) in [6.07, 6.45) is 1.72. The number of aromatic hydroxyl groups is 1. The fourth-order valence-electron chi connectivity index (χ4n) is 7.83. The molecule has 0 radical (unpaired) electrons. The molecule has 314 valence electrons. The van der Waals surface area contributed by atoms with Gasteiger partial charge in [-0.15, -0.1) is 0 Å². The van der Waals surface area contributed by atoms with E-state index in [1.165, 1.54) is 4.57 Å². The van der Waals surface area contributed by atoms with Crippen LogP contribution >= 0.6 is 0 Å². The van der Waals surface area contributed by atoms with Crippen molar-refractivity contribution in [3.8, 4) is 67.5 Å². The van der Waals surface area contributed by atoms with Crippen molar-refractivity contribution in [3.63, 3.8) is 0 Å². The smallest absolute Gasteiger partial charge is 0.149 e. The Morgan fingerprint density at radius 1 is 0.597 bits per heavy atom. The summed E-state index contributed by atoms with van der Waals surface area (Å²) in [5.41, 5.74) is -3.77. The number of rotatable bonds is 7. The van der Waals surface area contributed by atoms with Crippen molar-refractivity contribution in [2.24, 2.45) is 0 Å². The largest absolute Gasteiger partial charge is 0.507 e. The average molecular weight is 835 g/mol. The van der Waals surface area contributed by atoms with Gasteiger partial charge in [-0.1, -0.05) is 166 Å². The van der Waals surface area contributed by atoms with Crippen LogP contribution in [0.3, 0.4) is 0 Å². The van der Waals surface area contributed by atoms with Crippen LogP contribution < -0.4 is 0 Å². The first-order valence-corrected chi connectivity index (χ1v) is 20.4. The van der Waals surface area contributed by atoms with Crippen LogP contribution in [0.5, 0.6) is 5.75 Å². The maximum atomic E-state index is 13.0. The fourth-order valence-corrected chi connectivity index (χ4v) is 7.83. The molecule has 0 aliphatic rings. The molecule has 1 N–H and O–H groups in total. The minimum absolute atomic E-state index is 0.156. The molecule has 4 nitrogen and oxygen atoms in total. The summed E-state index contributed by atoms with van der Waals surface area (Å²) >= 11 is 0. The van der Waals surface area contributed by atoms with E-state index in [1.807, 2.05) is 82.3 Å². The lowest BCUT2D eigenvalue weighted by atomic mass is 9.79. The van der Waals surface area contributed by atoms with E-state index in [0.717, 1.165) is 22.3 Å². The molecule has 4 heteroatoms. The summed E-state index contributed by atoms with van der Waals surface area (Å²) < 4.78 is 168. The predicted molar refractivity (Wildman–Crippen MR) is 263 cm³/mol. The number of benzene rings is 6. The number of hydrogen-bond acceptors (Lipinski definition) is 3. The number of nitrogens with zero attached hydrogens (tertiary/aromatic N) is 3. The number of para-hydroxylation sites is 1. The molecule has 0 atom stereocenters. The van der Waals surface area contributed by atoms with E-state index in [2.05, 4.69) is 0 Å². The summed E-state index contributed by atoms with van der Waals surface area (Å²) in [6, 6.07) is 38.0. The van der Waals surface area contributed by atoms with Crippen molar-refractivity contribution >= 4 is 11.0 Å². The first-order valence-electron chi connectivity index (χ1n) is 29.9.